The molecule has 1 saturated carbocycles. The lowest BCUT2D eigenvalue weighted by Gasteiger charge is -2.03. The quantitative estimate of drug-likeness (QED) is 0.603. The summed E-state index contributed by atoms with van der Waals surface area (Å²) in [6, 6.07) is 8.77. The Morgan fingerprint density at radius 2 is 1.18 bits per heavy atom. The minimum absolute atomic E-state index is 0.0136. The first-order valence-electron chi connectivity index (χ1n) is 8.47. The highest BCUT2D eigenvalue weighted by Crippen LogP contribution is 2.31. The zero-order valence-electron chi connectivity index (χ0n) is 14.8. The molecule has 0 atom stereocenters. The average Bonchev–Trinajstić information content (AvgIpc) is 2.94. The molecule has 0 aliphatic heterocycles. The van der Waals surface area contributed by atoms with E-state index < -0.39 is 11.8 Å². The second kappa shape index (κ2) is 7.40. The fraction of sp³-hybridized carbons (Fsp3) is 0.0952. The molecule has 28 heavy (non-hydrogen) atoms. The van der Waals surface area contributed by atoms with Crippen molar-refractivity contribution in [2.75, 3.05) is 0 Å². The van der Waals surface area contributed by atoms with E-state index in [1.165, 1.54) is 24.3 Å². The van der Waals surface area contributed by atoms with Gasteiger partial charge in [-0.15, -0.1) is 0 Å². The SMILES string of the molecule is NC(=O)c1ccc(C=C2CCC(=Cc3ccc(C(N)=O)c(O)c3)C2=O)cc1O. The maximum absolute atomic E-state index is 12.6. The van der Waals surface area contributed by atoms with Gasteiger partial charge in [-0.3, -0.25) is 14.4 Å². The van der Waals surface area contributed by atoms with Crippen molar-refractivity contribution in [1.29, 1.82) is 0 Å². The lowest BCUT2D eigenvalue weighted by Crippen LogP contribution is -2.10. The van der Waals surface area contributed by atoms with Gasteiger partial charge in [0.2, 0.25) is 0 Å². The highest BCUT2D eigenvalue weighted by molar-refractivity contribution is 6.15. The molecule has 0 heterocycles. The number of hydrogen-bond acceptors (Lipinski definition) is 5. The number of benzene rings is 2. The predicted octanol–water partition coefficient (Wildman–Crippen LogP) is 2.13. The van der Waals surface area contributed by atoms with Crippen LogP contribution in [0.3, 0.4) is 0 Å². The lowest BCUT2D eigenvalue weighted by atomic mass is 10.0. The van der Waals surface area contributed by atoms with Gasteiger partial charge in [-0.25, -0.2) is 0 Å². The lowest BCUT2D eigenvalue weighted by molar-refractivity contribution is -0.111. The van der Waals surface area contributed by atoms with Crippen molar-refractivity contribution in [1.82, 2.24) is 0 Å². The van der Waals surface area contributed by atoms with Gasteiger partial charge >= 0.3 is 0 Å². The van der Waals surface area contributed by atoms with Gasteiger partial charge in [0, 0.05) is 11.1 Å². The molecule has 1 aliphatic rings. The van der Waals surface area contributed by atoms with Gasteiger partial charge < -0.3 is 21.7 Å². The number of hydrogen-bond donors (Lipinski definition) is 4. The summed E-state index contributed by atoms with van der Waals surface area (Å²) in [6.07, 6.45) is 4.35. The van der Waals surface area contributed by atoms with Gasteiger partial charge in [-0.1, -0.05) is 12.1 Å². The van der Waals surface area contributed by atoms with Crippen LogP contribution >= 0.6 is 0 Å². The summed E-state index contributed by atoms with van der Waals surface area (Å²) >= 11 is 0. The number of carbonyl (C=O) groups excluding carboxylic acids is 3. The van der Waals surface area contributed by atoms with Gasteiger partial charge in [0.05, 0.1) is 11.1 Å². The molecule has 2 aromatic carbocycles. The van der Waals surface area contributed by atoms with Crippen molar-refractivity contribution in [3.63, 3.8) is 0 Å². The summed E-state index contributed by atoms with van der Waals surface area (Å²) < 4.78 is 0. The molecule has 0 spiro atoms. The van der Waals surface area contributed by atoms with E-state index in [9.17, 15) is 24.6 Å². The van der Waals surface area contributed by atoms with Gasteiger partial charge in [0.15, 0.2) is 5.78 Å². The first-order valence-corrected chi connectivity index (χ1v) is 8.47. The van der Waals surface area contributed by atoms with Crippen LogP contribution in [0.4, 0.5) is 0 Å². The summed E-state index contributed by atoms with van der Waals surface area (Å²) in [5.74, 6) is -2.09. The molecule has 0 saturated heterocycles. The van der Waals surface area contributed by atoms with E-state index in [1.54, 1.807) is 24.3 Å². The number of aromatic hydroxyl groups is 2. The van der Waals surface area contributed by atoms with E-state index in [0.29, 0.717) is 35.1 Å². The molecular weight excluding hydrogens is 360 g/mol. The minimum Gasteiger partial charge on any atom is -0.507 e. The Kier molecular flexibility index (Phi) is 5.00. The van der Waals surface area contributed by atoms with Gasteiger partial charge in [-0.05, 0) is 60.4 Å². The molecule has 3 rings (SSSR count). The van der Waals surface area contributed by atoms with Crippen LogP contribution in [0.1, 0.15) is 44.7 Å². The molecule has 0 aromatic heterocycles. The highest BCUT2D eigenvalue weighted by atomic mass is 16.3. The molecule has 1 aliphatic carbocycles. The smallest absolute Gasteiger partial charge is 0.252 e. The summed E-state index contributed by atoms with van der Waals surface area (Å²) in [4.78, 5) is 35.0. The largest absolute Gasteiger partial charge is 0.507 e. The fourth-order valence-corrected chi connectivity index (χ4v) is 3.07. The topological polar surface area (TPSA) is 144 Å². The predicted molar refractivity (Wildman–Crippen MR) is 103 cm³/mol. The number of ketones is 1. The first-order chi connectivity index (χ1) is 13.3. The molecule has 0 unspecified atom stereocenters. The van der Waals surface area contributed by atoms with Crippen LogP contribution in [0.2, 0.25) is 0 Å². The van der Waals surface area contributed by atoms with Crippen molar-refractivity contribution >= 4 is 29.7 Å². The number of nitrogens with two attached hydrogens (primary N) is 2. The highest BCUT2D eigenvalue weighted by Gasteiger charge is 2.23. The maximum atomic E-state index is 12.6. The van der Waals surface area contributed by atoms with E-state index in [-0.39, 0.29) is 28.4 Å². The number of allylic oxidation sites excluding steroid dienone is 2. The fourth-order valence-electron chi connectivity index (χ4n) is 3.07. The Labute approximate surface area is 160 Å². The number of carbonyl (C=O) groups is 3. The summed E-state index contributed by atoms with van der Waals surface area (Å²) in [5, 5.41) is 19.7. The van der Waals surface area contributed by atoms with Crippen molar-refractivity contribution in [3.8, 4) is 11.5 Å². The van der Waals surface area contributed by atoms with Crippen LogP contribution in [0.15, 0.2) is 47.5 Å². The summed E-state index contributed by atoms with van der Waals surface area (Å²) in [7, 11) is 0. The Balaban J connectivity index is 1.85. The molecule has 2 aromatic rings. The third kappa shape index (κ3) is 3.78. The molecule has 2 amide bonds. The van der Waals surface area contributed by atoms with Crippen LogP contribution in [-0.2, 0) is 4.79 Å². The van der Waals surface area contributed by atoms with Gasteiger partial charge in [0.1, 0.15) is 11.5 Å². The Bertz CT molecular complexity index is 983. The summed E-state index contributed by atoms with van der Waals surface area (Å²) in [5.41, 5.74) is 12.6. The third-order valence-electron chi connectivity index (χ3n) is 4.50. The molecule has 7 nitrogen and oxygen atoms in total. The van der Waals surface area contributed by atoms with E-state index in [4.69, 9.17) is 11.5 Å². The molecule has 142 valence electrons. The molecule has 0 radical (unpaired) electrons. The van der Waals surface area contributed by atoms with Gasteiger partial charge in [0.25, 0.3) is 11.8 Å². The van der Waals surface area contributed by atoms with E-state index in [2.05, 4.69) is 0 Å². The van der Waals surface area contributed by atoms with Crippen molar-refractivity contribution in [2.24, 2.45) is 11.5 Å². The van der Waals surface area contributed by atoms with E-state index in [0.717, 1.165) is 0 Å². The van der Waals surface area contributed by atoms with Crippen LogP contribution in [0.5, 0.6) is 11.5 Å². The molecule has 1 fully saturated rings. The first kappa shape index (κ1) is 18.9. The summed E-state index contributed by atoms with van der Waals surface area (Å²) in [6.45, 7) is 0. The number of phenols is 2. The molecule has 6 N–H and O–H groups in total. The monoisotopic (exact) mass is 378 g/mol. The van der Waals surface area contributed by atoms with Crippen LogP contribution < -0.4 is 11.5 Å². The number of primary amides is 2. The van der Waals surface area contributed by atoms with Crippen molar-refractivity contribution in [2.45, 2.75) is 12.8 Å². The zero-order chi connectivity index (χ0) is 20.4. The molecule has 0 bridgehead atoms. The maximum Gasteiger partial charge on any atom is 0.252 e. The average molecular weight is 378 g/mol. The Hall–Kier alpha value is -3.87. The zero-order valence-corrected chi connectivity index (χ0v) is 14.8. The number of amides is 2. The Morgan fingerprint density at radius 1 is 0.786 bits per heavy atom. The van der Waals surface area contributed by atoms with Crippen molar-refractivity contribution in [3.05, 3.63) is 69.8 Å². The molecular formula is C21H18N2O5. The van der Waals surface area contributed by atoms with Crippen LogP contribution in [0.25, 0.3) is 12.2 Å². The molecule has 7 heteroatoms. The third-order valence-corrected chi connectivity index (χ3v) is 4.50. The van der Waals surface area contributed by atoms with Crippen LogP contribution in [0, 0.1) is 0 Å². The van der Waals surface area contributed by atoms with E-state index >= 15 is 0 Å². The standard InChI is InChI=1S/C21H18N2O5/c22-20(27)15-5-1-11(9-17(15)24)7-13-3-4-14(19(13)26)8-12-2-6-16(21(23)28)18(25)10-12/h1-2,5-10,24-25H,3-4H2,(H2,22,27)(H2,23,28). The van der Waals surface area contributed by atoms with Crippen molar-refractivity contribution < 1.29 is 24.6 Å². The minimum atomic E-state index is -0.732. The second-order valence-electron chi connectivity index (χ2n) is 6.45. The Morgan fingerprint density at radius 3 is 1.50 bits per heavy atom. The number of rotatable bonds is 4. The van der Waals surface area contributed by atoms with E-state index in [1.807, 2.05) is 0 Å². The number of Topliss-reactive ketones (excluding diaryl/α,β-unsaturated/α-hetero) is 1. The van der Waals surface area contributed by atoms with Gasteiger partial charge in [-0.2, -0.15) is 0 Å². The second-order valence-corrected chi connectivity index (χ2v) is 6.45. The van der Waals surface area contributed by atoms with Crippen LogP contribution in [-0.4, -0.2) is 27.8 Å². The normalized spacial score (nSPS) is 16.6.